The quantitative estimate of drug-likeness (QED) is 0.176. The van der Waals surface area contributed by atoms with Gasteiger partial charge in [0.1, 0.15) is 17.2 Å². The maximum atomic E-state index is 7.04. The molecule has 0 amide bonds. The number of rotatable bonds is 2. The van der Waals surface area contributed by atoms with Crippen molar-refractivity contribution in [3.63, 3.8) is 0 Å². The van der Waals surface area contributed by atoms with Crippen molar-refractivity contribution in [2.24, 2.45) is 0 Å². The maximum Gasteiger partial charge on any atom is 0.381 e. The number of ether oxygens (including phenoxy) is 2. The molecular weight excluding hydrogens is 603 g/mol. The van der Waals surface area contributed by atoms with Crippen LogP contribution in [0.2, 0.25) is 0 Å². The zero-order valence-corrected chi connectivity index (χ0v) is 28.4. The number of nitrogens with zero attached hydrogens (tertiary/aromatic N) is 3. The first kappa shape index (κ1) is 27.2. The molecule has 0 saturated heterocycles. The summed E-state index contributed by atoms with van der Waals surface area (Å²) in [7, 11) is 0. The van der Waals surface area contributed by atoms with E-state index in [1.807, 2.05) is 0 Å². The minimum atomic E-state index is -0.659. The second-order valence-corrected chi connectivity index (χ2v) is 16.2. The fourth-order valence-electron chi connectivity index (χ4n) is 11.2. The van der Waals surface area contributed by atoms with Crippen LogP contribution in [0.3, 0.4) is 0 Å². The highest BCUT2D eigenvalue weighted by atomic mass is 16.5. The molecule has 3 aromatic carbocycles. The Hall–Kier alpha value is -4.64. The second kappa shape index (κ2) is 9.12. The molecule has 2 fully saturated rings. The minimum absolute atomic E-state index is 0.190. The molecule has 49 heavy (non-hydrogen) atoms. The summed E-state index contributed by atoms with van der Waals surface area (Å²) in [5.74, 6) is 6.07. The first-order valence-electron chi connectivity index (χ1n) is 18.8. The normalized spacial score (nSPS) is 22.9. The zero-order valence-electron chi connectivity index (χ0n) is 28.4. The molecule has 5 aromatic rings. The molecule has 5 aliphatic heterocycles. The molecule has 0 bridgehead atoms. The fourth-order valence-corrected chi connectivity index (χ4v) is 11.2. The van der Waals surface area contributed by atoms with Crippen molar-refractivity contribution >= 4 is 17.2 Å². The Bertz CT molecular complexity index is 2310. The van der Waals surface area contributed by atoms with Gasteiger partial charge in [-0.15, -0.1) is 9.13 Å². The summed E-state index contributed by atoms with van der Waals surface area (Å²) in [4.78, 5) is 2.61. The molecule has 1 spiro atoms. The summed E-state index contributed by atoms with van der Waals surface area (Å²) in [6.07, 6.45) is 13.0. The van der Waals surface area contributed by atoms with Crippen LogP contribution in [0.5, 0.6) is 23.1 Å². The Labute approximate surface area is 287 Å². The third-order valence-electron chi connectivity index (χ3n) is 13.4. The van der Waals surface area contributed by atoms with Gasteiger partial charge in [-0.25, -0.2) is 0 Å². The molecule has 5 nitrogen and oxygen atoms in total. The monoisotopic (exact) mass is 643 g/mol. The highest BCUT2D eigenvalue weighted by Crippen LogP contribution is 2.65. The van der Waals surface area contributed by atoms with Gasteiger partial charge >= 0.3 is 11.5 Å². The van der Waals surface area contributed by atoms with Gasteiger partial charge in [0.25, 0.3) is 11.5 Å². The van der Waals surface area contributed by atoms with Crippen LogP contribution in [-0.2, 0) is 11.1 Å². The highest BCUT2D eigenvalue weighted by Gasteiger charge is 2.74. The second-order valence-electron chi connectivity index (χ2n) is 16.2. The molecule has 0 radical (unpaired) electrons. The number of benzene rings is 3. The van der Waals surface area contributed by atoms with Crippen LogP contribution in [0.1, 0.15) is 123 Å². The molecule has 2 saturated carbocycles. The number of hydrogen-bond donors (Lipinski definition) is 0. The third-order valence-corrected chi connectivity index (χ3v) is 13.4. The average Bonchev–Trinajstić information content (AvgIpc) is 3.43. The SMILES string of the molecule is CC1(C)c2ccccc2N2c3c1ccc1c3C34c5c(cccc5Oc5cc(C6CCCCC6)cc([n+]53)-c3cc(C5CCCCC5)cc2[n+]34)O1. The van der Waals surface area contributed by atoms with Crippen LogP contribution in [-0.4, -0.2) is 0 Å². The van der Waals surface area contributed by atoms with Crippen LogP contribution >= 0.6 is 0 Å². The van der Waals surface area contributed by atoms with Crippen molar-refractivity contribution in [2.75, 3.05) is 4.90 Å². The number of para-hydroxylation sites is 1. The van der Waals surface area contributed by atoms with Crippen LogP contribution < -0.4 is 23.5 Å². The smallest absolute Gasteiger partial charge is 0.381 e. The van der Waals surface area contributed by atoms with E-state index in [0.29, 0.717) is 11.8 Å². The Morgan fingerprint density at radius 1 is 0.612 bits per heavy atom. The van der Waals surface area contributed by atoms with Gasteiger partial charge in [0.15, 0.2) is 22.6 Å². The van der Waals surface area contributed by atoms with Gasteiger partial charge in [-0.2, -0.15) is 4.90 Å². The number of aromatic nitrogens is 2. The molecule has 7 heterocycles. The predicted octanol–water partition coefficient (Wildman–Crippen LogP) is 10.3. The minimum Gasteiger partial charge on any atom is -0.455 e. The lowest BCUT2D eigenvalue weighted by molar-refractivity contribution is -0.936. The zero-order chi connectivity index (χ0) is 32.2. The van der Waals surface area contributed by atoms with E-state index in [4.69, 9.17) is 9.47 Å². The molecule has 7 aliphatic rings. The first-order chi connectivity index (χ1) is 24.0. The van der Waals surface area contributed by atoms with Crippen molar-refractivity contribution in [2.45, 2.75) is 101 Å². The fraction of sp³-hybridized carbons (Fsp3) is 0.364. The van der Waals surface area contributed by atoms with Crippen molar-refractivity contribution in [3.8, 4) is 34.5 Å². The van der Waals surface area contributed by atoms with E-state index in [-0.39, 0.29) is 5.41 Å². The standard InChI is InChI=1S/C44H41N3O2/c1-43(2)30-16-9-10-17-32(30)45-38-24-28(26-12-5-3-6-13-26)22-33-34-23-29(27-14-7-4-8-15-27)25-39-47(34)44(46(33)38)40-35(18-11-19-36(40)49-39)48-37-21-20-31(43)42(45)41(37)44/h9-11,16-27H,3-8,12-15H2,1-2H3/q+2. The molecule has 5 heteroatoms. The molecule has 1 unspecified atom stereocenters. The van der Waals surface area contributed by atoms with Crippen molar-refractivity contribution < 1.29 is 18.6 Å². The van der Waals surface area contributed by atoms with Gasteiger partial charge in [-0.3, -0.25) is 0 Å². The summed E-state index contributed by atoms with van der Waals surface area (Å²) >= 11 is 0. The number of pyridine rings is 2. The van der Waals surface area contributed by atoms with Crippen LogP contribution in [0, 0.1) is 0 Å². The van der Waals surface area contributed by atoms with Gasteiger partial charge in [0.2, 0.25) is 5.69 Å². The Balaban J connectivity index is 1.27. The topological polar surface area (TPSA) is 29.5 Å². The van der Waals surface area contributed by atoms with Gasteiger partial charge in [-0.05, 0) is 79.0 Å². The van der Waals surface area contributed by atoms with E-state index in [0.717, 1.165) is 28.7 Å². The lowest BCUT2D eigenvalue weighted by Crippen LogP contribution is -2.75. The van der Waals surface area contributed by atoms with Crippen molar-refractivity contribution in [1.29, 1.82) is 0 Å². The average molecular weight is 644 g/mol. The van der Waals surface area contributed by atoms with Crippen molar-refractivity contribution in [1.82, 2.24) is 0 Å². The van der Waals surface area contributed by atoms with Gasteiger partial charge < -0.3 is 9.47 Å². The summed E-state index contributed by atoms with van der Waals surface area (Å²) in [5.41, 5.74) is 12.3. The Kier molecular flexibility index (Phi) is 5.07. The van der Waals surface area contributed by atoms with E-state index in [1.54, 1.807) is 0 Å². The first-order valence-corrected chi connectivity index (χ1v) is 18.8. The largest absolute Gasteiger partial charge is 0.455 e. The number of anilines is 3. The third kappa shape index (κ3) is 3.15. The Morgan fingerprint density at radius 3 is 2.02 bits per heavy atom. The van der Waals surface area contributed by atoms with Crippen LogP contribution in [0.25, 0.3) is 11.4 Å². The predicted molar refractivity (Wildman–Crippen MR) is 189 cm³/mol. The van der Waals surface area contributed by atoms with E-state index in [1.165, 1.54) is 121 Å². The van der Waals surface area contributed by atoms with E-state index >= 15 is 0 Å². The molecule has 2 aromatic heterocycles. The van der Waals surface area contributed by atoms with Crippen LogP contribution in [0.15, 0.2) is 78.9 Å². The number of fused-ring (bicyclic) bond motifs is 4. The van der Waals surface area contributed by atoms with Crippen molar-refractivity contribution in [3.05, 3.63) is 112 Å². The van der Waals surface area contributed by atoms with E-state index < -0.39 is 5.66 Å². The highest BCUT2D eigenvalue weighted by molar-refractivity contribution is 5.90. The number of hydrogen-bond acceptors (Lipinski definition) is 3. The summed E-state index contributed by atoms with van der Waals surface area (Å²) in [5, 5.41) is 0. The van der Waals surface area contributed by atoms with Crippen LogP contribution in [0.4, 0.5) is 17.2 Å². The van der Waals surface area contributed by atoms with Gasteiger partial charge in [0.05, 0.1) is 6.07 Å². The summed E-state index contributed by atoms with van der Waals surface area (Å²) in [6, 6.07) is 30.2. The molecule has 0 N–H and O–H groups in total. The summed E-state index contributed by atoms with van der Waals surface area (Å²) < 4.78 is 19.3. The maximum absolute atomic E-state index is 7.04. The van der Waals surface area contributed by atoms with E-state index in [9.17, 15) is 0 Å². The molecule has 242 valence electrons. The molecule has 2 aliphatic carbocycles. The molecule has 1 atom stereocenters. The molecular formula is C44H41N3O2+2. The molecule has 12 rings (SSSR count). The Morgan fingerprint density at radius 2 is 1.27 bits per heavy atom. The lowest BCUT2D eigenvalue weighted by Gasteiger charge is -2.45. The lowest BCUT2D eigenvalue weighted by atomic mass is 9.70. The van der Waals surface area contributed by atoms with Gasteiger partial charge in [-0.1, -0.05) is 82.7 Å². The summed E-state index contributed by atoms with van der Waals surface area (Å²) in [6.45, 7) is 4.80. The van der Waals surface area contributed by atoms with E-state index in [2.05, 4.69) is 107 Å². The van der Waals surface area contributed by atoms with Gasteiger partial charge in [0, 0.05) is 28.7 Å².